The summed E-state index contributed by atoms with van der Waals surface area (Å²) in [6.45, 7) is 4.52. The summed E-state index contributed by atoms with van der Waals surface area (Å²) in [6, 6.07) is 13.5. The first-order valence-corrected chi connectivity index (χ1v) is 14.5. The van der Waals surface area contributed by atoms with Crippen LogP contribution in [0, 0.1) is 0 Å². The van der Waals surface area contributed by atoms with E-state index in [1.807, 2.05) is 10.6 Å². The second-order valence-electron chi connectivity index (χ2n) is 9.32. The van der Waals surface area contributed by atoms with E-state index in [2.05, 4.69) is 22.2 Å². The summed E-state index contributed by atoms with van der Waals surface area (Å²) >= 11 is 0. The van der Waals surface area contributed by atoms with Crippen LogP contribution in [-0.4, -0.2) is 72.2 Å². The number of carbonyl (C=O) groups is 3. The van der Waals surface area contributed by atoms with Crippen molar-refractivity contribution in [2.24, 2.45) is 0 Å². The lowest BCUT2D eigenvalue weighted by atomic mass is 10.1. The molecule has 4 rings (SSSR count). The lowest BCUT2D eigenvalue weighted by Crippen LogP contribution is -2.35. The number of anilines is 1. The SMILES string of the molecule is C=CC(=O)N1CCCCC(n2c(NC(=O)c3ccccc3)nc3cccc(C(=O)NCCS(C)(=O)=O)c32)C1. The number of carbonyl (C=O) groups excluding carboxylic acids is 3. The number of nitrogens with one attached hydrogen (secondary N) is 2. The molecule has 1 aliphatic rings. The molecule has 1 saturated heterocycles. The van der Waals surface area contributed by atoms with Gasteiger partial charge in [0, 0.05) is 31.5 Å². The number of benzene rings is 2. The Morgan fingerprint density at radius 3 is 2.55 bits per heavy atom. The average Bonchev–Trinajstić information content (AvgIpc) is 3.08. The highest BCUT2D eigenvalue weighted by molar-refractivity contribution is 7.90. The van der Waals surface area contributed by atoms with Crippen molar-refractivity contribution in [3.05, 3.63) is 72.3 Å². The number of sulfone groups is 1. The van der Waals surface area contributed by atoms with Crippen LogP contribution in [0.2, 0.25) is 0 Å². The Bertz CT molecular complexity index is 1470. The van der Waals surface area contributed by atoms with Crippen LogP contribution in [0.5, 0.6) is 0 Å². The quantitative estimate of drug-likeness (QED) is 0.425. The summed E-state index contributed by atoms with van der Waals surface area (Å²) in [4.78, 5) is 45.2. The minimum Gasteiger partial charge on any atom is -0.351 e. The van der Waals surface area contributed by atoms with Crippen molar-refractivity contribution in [2.45, 2.75) is 25.3 Å². The van der Waals surface area contributed by atoms with Gasteiger partial charge in [-0.15, -0.1) is 0 Å². The Hall–Kier alpha value is -3.99. The summed E-state index contributed by atoms with van der Waals surface area (Å²) in [6.07, 6.45) is 4.74. The molecule has 2 N–H and O–H groups in total. The largest absolute Gasteiger partial charge is 0.351 e. The maximum atomic E-state index is 13.2. The molecular formula is C27H31N5O5S. The van der Waals surface area contributed by atoms with E-state index in [0.717, 1.165) is 19.1 Å². The van der Waals surface area contributed by atoms with Gasteiger partial charge in [0.25, 0.3) is 11.8 Å². The first kappa shape index (κ1) is 27.1. The molecule has 1 aromatic heterocycles. The molecule has 38 heavy (non-hydrogen) atoms. The zero-order valence-corrected chi connectivity index (χ0v) is 22.0. The van der Waals surface area contributed by atoms with Crippen LogP contribution in [0.4, 0.5) is 5.95 Å². The van der Waals surface area contributed by atoms with Crippen LogP contribution in [-0.2, 0) is 14.6 Å². The lowest BCUT2D eigenvalue weighted by molar-refractivity contribution is -0.126. The van der Waals surface area contributed by atoms with Gasteiger partial charge >= 0.3 is 0 Å². The fourth-order valence-corrected chi connectivity index (χ4v) is 5.12. The molecule has 0 saturated carbocycles. The monoisotopic (exact) mass is 537 g/mol. The van der Waals surface area contributed by atoms with Gasteiger partial charge in [-0.2, -0.15) is 0 Å². The second kappa shape index (κ2) is 11.6. The van der Waals surface area contributed by atoms with E-state index in [1.165, 1.54) is 6.08 Å². The van der Waals surface area contributed by atoms with Gasteiger partial charge in [0.1, 0.15) is 9.84 Å². The van der Waals surface area contributed by atoms with Crippen molar-refractivity contribution < 1.29 is 22.8 Å². The fourth-order valence-electron chi connectivity index (χ4n) is 4.64. The second-order valence-corrected chi connectivity index (χ2v) is 11.6. The maximum absolute atomic E-state index is 13.2. The number of nitrogens with zero attached hydrogens (tertiary/aromatic N) is 3. The molecule has 1 atom stereocenters. The third-order valence-electron chi connectivity index (χ3n) is 6.47. The maximum Gasteiger partial charge on any atom is 0.257 e. The van der Waals surface area contributed by atoms with Gasteiger partial charge in [0.2, 0.25) is 11.9 Å². The van der Waals surface area contributed by atoms with E-state index in [-0.39, 0.29) is 36.1 Å². The van der Waals surface area contributed by atoms with E-state index in [1.54, 1.807) is 47.4 Å². The summed E-state index contributed by atoms with van der Waals surface area (Å²) in [7, 11) is -3.25. The zero-order valence-electron chi connectivity index (χ0n) is 21.2. The number of aromatic nitrogens is 2. The highest BCUT2D eigenvalue weighted by atomic mass is 32.2. The molecule has 1 unspecified atom stereocenters. The van der Waals surface area contributed by atoms with E-state index in [9.17, 15) is 22.8 Å². The first-order chi connectivity index (χ1) is 18.2. The van der Waals surface area contributed by atoms with Crippen LogP contribution in [0.25, 0.3) is 11.0 Å². The van der Waals surface area contributed by atoms with Gasteiger partial charge in [-0.3, -0.25) is 19.7 Å². The zero-order chi connectivity index (χ0) is 27.3. The van der Waals surface area contributed by atoms with Crippen molar-refractivity contribution in [2.75, 3.05) is 37.0 Å². The molecule has 10 nitrogen and oxygen atoms in total. The Morgan fingerprint density at radius 1 is 1.08 bits per heavy atom. The topological polar surface area (TPSA) is 130 Å². The van der Waals surface area contributed by atoms with Gasteiger partial charge in [-0.25, -0.2) is 13.4 Å². The molecule has 0 bridgehead atoms. The van der Waals surface area contributed by atoms with Crippen LogP contribution in [0.15, 0.2) is 61.2 Å². The van der Waals surface area contributed by atoms with Gasteiger partial charge in [-0.05, 0) is 49.6 Å². The minimum atomic E-state index is -3.25. The van der Waals surface area contributed by atoms with Gasteiger partial charge in [0.15, 0.2) is 0 Å². The van der Waals surface area contributed by atoms with Crippen LogP contribution in [0.1, 0.15) is 46.0 Å². The molecular weight excluding hydrogens is 506 g/mol. The summed E-state index contributed by atoms with van der Waals surface area (Å²) in [5.74, 6) is -0.908. The summed E-state index contributed by atoms with van der Waals surface area (Å²) in [5.41, 5.74) is 1.75. The number of hydrogen-bond donors (Lipinski definition) is 2. The van der Waals surface area contributed by atoms with Crippen LogP contribution < -0.4 is 10.6 Å². The predicted molar refractivity (Wildman–Crippen MR) is 146 cm³/mol. The standard InChI is InChI=1S/C27H31N5O5S/c1-3-23(33)31-16-8-7-12-20(18-31)32-24-21(26(35)28-15-17-38(2,36)37)13-9-14-22(24)29-27(32)30-25(34)19-10-5-4-6-11-19/h3-6,9-11,13-14,20H,1,7-8,12,15-18H2,2H3,(H,28,35)(H,29,30,34). The molecule has 0 radical (unpaired) electrons. The molecule has 200 valence electrons. The third-order valence-corrected chi connectivity index (χ3v) is 7.42. The van der Waals surface area contributed by atoms with Crippen molar-refractivity contribution in [1.82, 2.24) is 19.8 Å². The van der Waals surface area contributed by atoms with Crippen molar-refractivity contribution in [3.8, 4) is 0 Å². The Morgan fingerprint density at radius 2 is 1.84 bits per heavy atom. The van der Waals surface area contributed by atoms with Gasteiger partial charge in [-0.1, -0.05) is 30.8 Å². The molecule has 2 aromatic carbocycles. The minimum absolute atomic E-state index is 0.0369. The Balaban J connectivity index is 1.79. The van der Waals surface area contributed by atoms with Crippen molar-refractivity contribution >= 4 is 44.5 Å². The number of likely N-dealkylation sites (tertiary alicyclic amines) is 1. The summed E-state index contributed by atoms with van der Waals surface area (Å²) in [5, 5.41) is 5.58. The molecule has 1 aliphatic heterocycles. The number of para-hydroxylation sites is 1. The van der Waals surface area contributed by atoms with Gasteiger partial charge in [0.05, 0.1) is 28.4 Å². The fraction of sp³-hybridized carbons (Fsp3) is 0.333. The van der Waals surface area contributed by atoms with E-state index >= 15 is 0 Å². The molecule has 3 aromatic rings. The van der Waals surface area contributed by atoms with Crippen molar-refractivity contribution in [1.29, 1.82) is 0 Å². The van der Waals surface area contributed by atoms with Crippen LogP contribution >= 0.6 is 0 Å². The van der Waals surface area contributed by atoms with E-state index in [4.69, 9.17) is 0 Å². The Labute approximate surface area is 221 Å². The normalized spacial score (nSPS) is 16.0. The molecule has 11 heteroatoms. The van der Waals surface area contributed by atoms with E-state index in [0.29, 0.717) is 41.7 Å². The highest BCUT2D eigenvalue weighted by Gasteiger charge is 2.28. The first-order valence-electron chi connectivity index (χ1n) is 12.4. The smallest absolute Gasteiger partial charge is 0.257 e. The summed E-state index contributed by atoms with van der Waals surface area (Å²) < 4.78 is 24.9. The number of imidazole rings is 1. The number of fused-ring (bicyclic) bond motifs is 1. The van der Waals surface area contributed by atoms with Crippen LogP contribution in [0.3, 0.4) is 0 Å². The average molecular weight is 538 g/mol. The molecule has 3 amide bonds. The third kappa shape index (κ3) is 6.28. The van der Waals surface area contributed by atoms with E-state index < -0.39 is 15.7 Å². The Kier molecular flexibility index (Phi) is 8.26. The number of rotatable bonds is 8. The number of hydrogen-bond acceptors (Lipinski definition) is 6. The lowest BCUT2D eigenvalue weighted by Gasteiger charge is -2.26. The molecule has 0 spiro atoms. The predicted octanol–water partition coefficient (Wildman–Crippen LogP) is 2.80. The highest BCUT2D eigenvalue weighted by Crippen LogP contribution is 2.32. The number of amides is 3. The van der Waals surface area contributed by atoms with Gasteiger partial charge < -0.3 is 14.8 Å². The van der Waals surface area contributed by atoms with Crippen molar-refractivity contribution in [3.63, 3.8) is 0 Å². The molecule has 2 heterocycles. The molecule has 0 aliphatic carbocycles. The molecule has 1 fully saturated rings.